The van der Waals surface area contributed by atoms with Gasteiger partial charge in [0.15, 0.2) is 0 Å². The lowest BCUT2D eigenvalue weighted by molar-refractivity contribution is -0.287. The van der Waals surface area contributed by atoms with E-state index in [1.54, 1.807) is 31.4 Å². The van der Waals surface area contributed by atoms with E-state index in [9.17, 15) is 4.79 Å². The number of methoxy groups -OCH3 is 1. The highest BCUT2D eigenvalue weighted by atomic mass is 17.2. The van der Waals surface area contributed by atoms with E-state index in [1.807, 2.05) is 0 Å². The van der Waals surface area contributed by atoms with E-state index in [0.717, 1.165) is 12.8 Å². The second-order valence-corrected chi connectivity index (χ2v) is 6.73. The molecule has 2 unspecified atom stereocenters. The van der Waals surface area contributed by atoms with Crippen LogP contribution in [-0.2, 0) is 9.78 Å². The van der Waals surface area contributed by atoms with Crippen LogP contribution in [0.3, 0.4) is 0 Å². The van der Waals surface area contributed by atoms with Crippen molar-refractivity contribution in [2.24, 2.45) is 11.3 Å². The summed E-state index contributed by atoms with van der Waals surface area (Å²) in [6.45, 7) is 6.66. The van der Waals surface area contributed by atoms with Crippen LogP contribution >= 0.6 is 0 Å². The molecule has 1 aromatic rings. The number of benzene rings is 1. The molecule has 0 heterocycles. The first-order chi connectivity index (χ1) is 9.89. The Morgan fingerprint density at radius 3 is 2.43 bits per heavy atom. The van der Waals surface area contributed by atoms with E-state index in [1.165, 1.54) is 6.42 Å². The number of carbonyl (C=O) groups is 1. The molecule has 1 saturated carbocycles. The van der Waals surface area contributed by atoms with Crippen LogP contribution in [0.1, 0.15) is 50.4 Å². The van der Waals surface area contributed by atoms with Gasteiger partial charge in [-0.3, -0.25) is 4.89 Å². The first kappa shape index (κ1) is 15.8. The minimum absolute atomic E-state index is 0.0223. The Bertz CT molecular complexity index is 478. The number of hydrogen-bond donors (Lipinski definition) is 0. The Balaban J connectivity index is 1.88. The third-order valence-corrected chi connectivity index (χ3v) is 3.93. The molecule has 0 N–H and O–H groups in total. The Kier molecular flexibility index (Phi) is 4.88. The van der Waals surface area contributed by atoms with E-state index in [-0.39, 0.29) is 11.5 Å². The highest BCUT2D eigenvalue weighted by Gasteiger charge is 2.33. The van der Waals surface area contributed by atoms with Crippen molar-refractivity contribution in [1.29, 1.82) is 0 Å². The van der Waals surface area contributed by atoms with Crippen LogP contribution in [0.2, 0.25) is 0 Å². The first-order valence-corrected chi connectivity index (χ1v) is 7.41. The fourth-order valence-corrected chi connectivity index (χ4v) is 3.22. The molecule has 0 spiro atoms. The zero-order chi connectivity index (χ0) is 15.5. The maximum atomic E-state index is 11.9. The van der Waals surface area contributed by atoms with Crippen LogP contribution in [0.15, 0.2) is 24.3 Å². The molecule has 4 nitrogen and oxygen atoms in total. The topological polar surface area (TPSA) is 44.8 Å². The van der Waals surface area contributed by atoms with Crippen LogP contribution in [0, 0.1) is 11.3 Å². The van der Waals surface area contributed by atoms with E-state index in [0.29, 0.717) is 17.2 Å². The van der Waals surface area contributed by atoms with Gasteiger partial charge in [0.25, 0.3) is 0 Å². The van der Waals surface area contributed by atoms with Crippen molar-refractivity contribution in [3.63, 3.8) is 0 Å². The van der Waals surface area contributed by atoms with Gasteiger partial charge in [-0.15, -0.1) is 0 Å². The van der Waals surface area contributed by atoms with Crippen LogP contribution < -0.4 is 4.74 Å². The predicted molar refractivity (Wildman–Crippen MR) is 80.1 cm³/mol. The molecule has 2 rings (SSSR count). The van der Waals surface area contributed by atoms with Gasteiger partial charge in [-0.25, -0.2) is 4.79 Å². The summed E-state index contributed by atoms with van der Waals surface area (Å²) >= 11 is 0. The summed E-state index contributed by atoms with van der Waals surface area (Å²) in [6.07, 6.45) is 3.00. The van der Waals surface area contributed by atoms with Gasteiger partial charge < -0.3 is 4.74 Å². The van der Waals surface area contributed by atoms with Crippen LogP contribution in [0.5, 0.6) is 5.75 Å². The molecule has 116 valence electrons. The highest BCUT2D eigenvalue weighted by Crippen LogP contribution is 2.39. The van der Waals surface area contributed by atoms with E-state index in [2.05, 4.69) is 20.8 Å². The number of ether oxygens (including phenoxy) is 1. The SMILES string of the molecule is COc1ccc(C(=O)OOC2CC(C)CC(C)(C)C2)cc1. The summed E-state index contributed by atoms with van der Waals surface area (Å²) in [6, 6.07) is 6.78. The Morgan fingerprint density at radius 1 is 1.19 bits per heavy atom. The number of carbonyl (C=O) groups excluding carboxylic acids is 1. The first-order valence-electron chi connectivity index (χ1n) is 7.41. The zero-order valence-corrected chi connectivity index (χ0v) is 13.2. The van der Waals surface area contributed by atoms with Gasteiger partial charge in [0.2, 0.25) is 0 Å². The molecule has 0 amide bonds. The summed E-state index contributed by atoms with van der Waals surface area (Å²) < 4.78 is 5.06. The maximum Gasteiger partial charge on any atom is 0.373 e. The van der Waals surface area contributed by atoms with Gasteiger partial charge in [0, 0.05) is 0 Å². The molecule has 0 radical (unpaired) electrons. The molecule has 2 atom stereocenters. The zero-order valence-electron chi connectivity index (χ0n) is 13.2. The second kappa shape index (κ2) is 6.48. The van der Waals surface area contributed by atoms with Crippen molar-refractivity contribution in [1.82, 2.24) is 0 Å². The molecule has 1 aliphatic rings. The molecule has 0 saturated heterocycles. The van der Waals surface area contributed by atoms with Crippen molar-refractivity contribution < 1.29 is 19.3 Å². The smallest absolute Gasteiger partial charge is 0.373 e. The molecule has 0 aromatic heterocycles. The van der Waals surface area contributed by atoms with Crippen molar-refractivity contribution in [2.45, 2.75) is 46.1 Å². The molecule has 1 aromatic carbocycles. The van der Waals surface area contributed by atoms with E-state index >= 15 is 0 Å². The molecule has 4 heteroatoms. The average molecular weight is 292 g/mol. The molecule has 1 aliphatic carbocycles. The predicted octanol–water partition coefficient (Wildman–Crippen LogP) is 4.00. The molecular weight excluding hydrogens is 268 g/mol. The number of rotatable bonds is 4. The normalized spacial score (nSPS) is 24.4. The minimum atomic E-state index is -0.464. The van der Waals surface area contributed by atoms with Crippen molar-refractivity contribution in [2.75, 3.05) is 7.11 Å². The Labute approximate surface area is 126 Å². The van der Waals surface area contributed by atoms with Gasteiger partial charge in [-0.1, -0.05) is 20.8 Å². The second-order valence-electron chi connectivity index (χ2n) is 6.73. The lowest BCUT2D eigenvalue weighted by atomic mass is 9.71. The molecule has 0 bridgehead atoms. The molecule has 21 heavy (non-hydrogen) atoms. The third kappa shape index (κ3) is 4.46. The van der Waals surface area contributed by atoms with Crippen molar-refractivity contribution >= 4 is 5.97 Å². The summed E-state index contributed by atoms with van der Waals surface area (Å²) in [4.78, 5) is 22.3. The summed E-state index contributed by atoms with van der Waals surface area (Å²) in [7, 11) is 1.59. The van der Waals surface area contributed by atoms with Crippen LogP contribution in [0.25, 0.3) is 0 Å². The summed E-state index contributed by atoms with van der Waals surface area (Å²) in [5, 5.41) is 0. The summed E-state index contributed by atoms with van der Waals surface area (Å²) in [5.41, 5.74) is 0.688. The van der Waals surface area contributed by atoms with Crippen molar-refractivity contribution in [3.8, 4) is 5.75 Å². The van der Waals surface area contributed by atoms with Gasteiger partial charge in [0.05, 0.1) is 12.7 Å². The number of hydrogen-bond acceptors (Lipinski definition) is 4. The van der Waals surface area contributed by atoms with Crippen LogP contribution in [0.4, 0.5) is 0 Å². The summed E-state index contributed by atoms with van der Waals surface area (Å²) in [5.74, 6) is 0.822. The Morgan fingerprint density at radius 2 is 1.86 bits per heavy atom. The average Bonchev–Trinajstić information content (AvgIpc) is 2.43. The lowest BCUT2D eigenvalue weighted by Gasteiger charge is -2.37. The Hall–Kier alpha value is -1.55. The fraction of sp³-hybridized carbons (Fsp3) is 0.588. The van der Waals surface area contributed by atoms with Crippen LogP contribution in [-0.4, -0.2) is 19.2 Å². The fourth-order valence-electron chi connectivity index (χ4n) is 3.22. The monoisotopic (exact) mass is 292 g/mol. The lowest BCUT2D eigenvalue weighted by Crippen LogP contribution is -2.33. The van der Waals surface area contributed by atoms with Gasteiger partial charge in [0.1, 0.15) is 11.9 Å². The van der Waals surface area contributed by atoms with Crippen molar-refractivity contribution in [3.05, 3.63) is 29.8 Å². The standard InChI is InChI=1S/C17H24O4/c1-12-9-15(11-17(2,3)10-12)20-21-16(18)13-5-7-14(19-4)8-6-13/h5-8,12,15H,9-11H2,1-4H3. The molecule has 1 fully saturated rings. The van der Waals surface area contributed by atoms with E-state index in [4.69, 9.17) is 14.5 Å². The largest absolute Gasteiger partial charge is 0.497 e. The molecule has 0 aliphatic heterocycles. The maximum absolute atomic E-state index is 11.9. The van der Waals surface area contributed by atoms with Gasteiger partial charge in [-0.2, -0.15) is 4.89 Å². The highest BCUT2D eigenvalue weighted by molar-refractivity contribution is 5.89. The quantitative estimate of drug-likeness (QED) is 0.621. The molecular formula is C17H24O4. The minimum Gasteiger partial charge on any atom is -0.497 e. The van der Waals surface area contributed by atoms with Gasteiger partial charge in [-0.05, 0) is 54.9 Å². The van der Waals surface area contributed by atoms with Gasteiger partial charge >= 0.3 is 5.97 Å². The van der Waals surface area contributed by atoms with E-state index < -0.39 is 5.97 Å². The third-order valence-electron chi connectivity index (χ3n) is 3.93.